The van der Waals surface area contributed by atoms with E-state index >= 15 is 0 Å². The molecule has 1 aliphatic rings. The van der Waals surface area contributed by atoms with Gasteiger partial charge in [0.15, 0.2) is 0 Å². The van der Waals surface area contributed by atoms with Gasteiger partial charge in [-0.15, -0.1) is 0 Å². The molecule has 1 saturated heterocycles. The van der Waals surface area contributed by atoms with Crippen molar-refractivity contribution < 1.29 is 4.79 Å². The Morgan fingerprint density at radius 2 is 2.00 bits per heavy atom. The van der Waals surface area contributed by atoms with E-state index in [9.17, 15) is 4.79 Å². The molecule has 3 nitrogen and oxygen atoms in total. The van der Waals surface area contributed by atoms with E-state index in [0.717, 1.165) is 19.6 Å². The van der Waals surface area contributed by atoms with E-state index in [0.29, 0.717) is 16.4 Å². The van der Waals surface area contributed by atoms with Gasteiger partial charge in [-0.3, -0.25) is 4.79 Å². The standard InChI is InChI=1S/C11H22N2OS/c1-8(5-12-4)11(14)13-6-9(2)15-10(3)7-13/h8-10,12H,5-7H2,1-4H3. The molecule has 3 unspecified atom stereocenters. The molecule has 0 aromatic rings. The Morgan fingerprint density at radius 3 is 2.47 bits per heavy atom. The number of hydrogen-bond donors (Lipinski definition) is 1. The van der Waals surface area contributed by atoms with Gasteiger partial charge in [0.2, 0.25) is 5.91 Å². The molecule has 1 N–H and O–H groups in total. The van der Waals surface area contributed by atoms with Crippen LogP contribution in [0, 0.1) is 5.92 Å². The van der Waals surface area contributed by atoms with E-state index in [1.165, 1.54) is 0 Å². The average Bonchev–Trinajstić information content (AvgIpc) is 2.15. The van der Waals surface area contributed by atoms with Gasteiger partial charge < -0.3 is 10.2 Å². The first-order valence-corrected chi connectivity index (χ1v) is 6.57. The molecule has 88 valence electrons. The summed E-state index contributed by atoms with van der Waals surface area (Å²) in [6.07, 6.45) is 0. The van der Waals surface area contributed by atoms with Crippen LogP contribution in [0.2, 0.25) is 0 Å². The lowest BCUT2D eigenvalue weighted by atomic mass is 10.1. The number of carbonyl (C=O) groups excluding carboxylic acids is 1. The van der Waals surface area contributed by atoms with Crippen molar-refractivity contribution >= 4 is 17.7 Å². The van der Waals surface area contributed by atoms with Gasteiger partial charge in [-0.05, 0) is 7.05 Å². The van der Waals surface area contributed by atoms with Crippen LogP contribution in [0.15, 0.2) is 0 Å². The zero-order valence-electron chi connectivity index (χ0n) is 10.1. The normalized spacial score (nSPS) is 28.9. The summed E-state index contributed by atoms with van der Waals surface area (Å²) in [5.41, 5.74) is 0. The van der Waals surface area contributed by atoms with Gasteiger partial charge in [0.1, 0.15) is 0 Å². The monoisotopic (exact) mass is 230 g/mol. The van der Waals surface area contributed by atoms with Crippen LogP contribution in [0.1, 0.15) is 20.8 Å². The summed E-state index contributed by atoms with van der Waals surface area (Å²) < 4.78 is 0. The average molecular weight is 230 g/mol. The third-order valence-corrected chi connectivity index (χ3v) is 3.89. The minimum Gasteiger partial charge on any atom is -0.340 e. The van der Waals surface area contributed by atoms with Crippen LogP contribution >= 0.6 is 11.8 Å². The maximum Gasteiger partial charge on any atom is 0.226 e. The number of rotatable bonds is 3. The highest BCUT2D eigenvalue weighted by molar-refractivity contribution is 8.00. The van der Waals surface area contributed by atoms with Crippen molar-refractivity contribution in [2.75, 3.05) is 26.7 Å². The summed E-state index contributed by atoms with van der Waals surface area (Å²) in [6.45, 7) is 8.97. The van der Waals surface area contributed by atoms with E-state index in [1.807, 2.05) is 30.6 Å². The second kappa shape index (κ2) is 5.75. The number of hydrogen-bond acceptors (Lipinski definition) is 3. The van der Waals surface area contributed by atoms with Crippen molar-refractivity contribution in [2.24, 2.45) is 5.92 Å². The molecule has 1 amide bonds. The van der Waals surface area contributed by atoms with E-state index in [4.69, 9.17) is 0 Å². The summed E-state index contributed by atoms with van der Waals surface area (Å²) in [5.74, 6) is 0.390. The van der Waals surface area contributed by atoms with E-state index in [1.54, 1.807) is 0 Å². The summed E-state index contributed by atoms with van der Waals surface area (Å²) in [5, 5.41) is 4.20. The van der Waals surface area contributed by atoms with Crippen LogP contribution in [0.3, 0.4) is 0 Å². The Balaban J connectivity index is 2.51. The molecular weight excluding hydrogens is 208 g/mol. The quantitative estimate of drug-likeness (QED) is 0.790. The highest BCUT2D eigenvalue weighted by Crippen LogP contribution is 2.25. The van der Waals surface area contributed by atoms with Crippen molar-refractivity contribution in [2.45, 2.75) is 31.3 Å². The van der Waals surface area contributed by atoms with Crippen molar-refractivity contribution in [3.63, 3.8) is 0 Å². The van der Waals surface area contributed by atoms with Gasteiger partial charge in [-0.1, -0.05) is 20.8 Å². The summed E-state index contributed by atoms with van der Waals surface area (Å²) in [6, 6.07) is 0. The van der Waals surface area contributed by atoms with Crippen LogP contribution in [0.4, 0.5) is 0 Å². The maximum absolute atomic E-state index is 12.1. The van der Waals surface area contributed by atoms with Gasteiger partial charge in [-0.2, -0.15) is 11.8 Å². The van der Waals surface area contributed by atoms with Crippen molar-refractivity contribution in [1.82, 2.24) is 10.2 Å². The highest BCUT2D eigenvalue weighted by atomic mass is 32.2. The van der Waals surface area contributed by atoms with Crippen LogP contribution in [0.5, 0.6) is 0 Å². The second-order valence-corrected chi connectivity index (χ2v) is 6.34. The molecule has 3 atom stereocenters. The highest BCUT2D eigenvalue weighted by Gasteiger charge is 2.28. The molecule has 4 heteroatoms. The Hall–Kier alpha value is -0.220. The van der Waals surface area contributed by atoms with Crippen LogP contribution in [0.25, 0.3) is 0 Å². The fourth-order valence-electron chi connectivity index (χ4n) is 2.06. The topological polar surface area (TPSA) is 32.3 Å². The Kier molecular flexibility index (Phi) is 4.93. The first kappa shape index (κ1) is 12.8. The molecule has 0 spiro atoms. The van der Waals surface area contributed by atoms with Crippen LogP contribution in [-0.2, 0) is 4.79 Å². The predicted octanol–water partition coefficient (Wildman–Crippen LogP) is 1.19. The van der Waals surface area contributed by atoms with Gasteiger partial charge in [0.25, 0.3) is 0 Å². The molecule has 0 saturated carbocycles. The van der Waals surface area contributed by atoms with E-state index < -0.39 is 0 Å². The first-order valence-electron chi connectivity index (χ1n) is 5.63. The Bertz CT molecular complexity index is 213. The molecule has 0 aromatic heterocycles. The van der Waals surface area contributed by atoms with Crippen LogP contribution in [-0.4, -0.2) is 48.0 Å². The minimum atomic E-state index is 0.0949. The number of thioether (sulfide) groups is 1. The third kappa shape index (κ3) is 3.68. The third-order valence-electron chi connectivity index (χ3n) is 2.66. The second-order valence-electron chi connectivity index (χ2n) is 4.46. The first-order chi connectivity index (χ1) is 7.04. The predicted molar refractivity (Wildman–Crippen MR) is 66.2 cm³/mol. The Morgan fingerprint density at radius 1 is 1.47 bits per heavy atom. The molecule has 1 heterocycles. The van der Waals surface area contributed by atoms with E-state index in [-0.39, 0.29) is 5.92 Å². The SMILES string of the molecule is CNCC(C)C(=O)N1CC(C)SC(C)C1. The Labute approximate surface area is 97.0 Å². The molecule has 1 fully saturated rings. The molecule has 15 heavy (non-hydrogen) atoms. The van der Waals surface area contributed by atoms with Crippen molar-refractivity contribution in [3.8, 4) is 0 Å². The number of carbonyl (C=O) groups is 1. The molecule has 0 bridgehead atoms. The number of amides is 1. The summed E-state index contributed by atoms with van der Waals surface area (Å²) in [4.78, 5) is 14.1. The zero-order chi connectivity index (χ0) is 11.4. The molecule has 0 aliphatic carbocycles. The summed E-state index contributed by atoms with van der Waals surface area (Å²) in [7, 11) is 1.89. The lowest BCUT2D eigenvalue weighted by Gasteiger charge is -2.36. The zero-order valence-corrected chi connectivity index (χ0v) is 10.9. The van der Waals surface area contributed by atoms with Gasteiger partial charge >= 0.3 is 0 Å². The fourth-order valence-corrected chi connectivity index (χ4v) is 3.39. The number of nitrogens with one attached hydrogen (secondary N) is 1. The molecular formula is C11H22N2OS. The molecule has 1 aliphatic heterocycles. The lowest BCUT2D eigenvalue weighted by Crippen LogP contribution is -2.47. The largest absolute Gasteiger partial charge is 0.340 e. The lowest BCUT2D eigenvalue weighted by molar-refractivity contribution is -0.135. The molecule has 1 rings (SSSR count). The molecule has 0 radical (unpaired) electrons. The van der Waals surface area contributed by atoms with Crippen molar-refractivity contribution in [3.05, 3.63) is 0 Å². The molecule has 0 aromatic carbocycles. The van der Waals surface area contributed by atoms with Crippen LogP contribution < -0.4 is 5.32 Å². The van der Waals surface area contributed by atoms with E-state index in [2.05, 4.69) is 19.2 Å². The summed E-state index contributed by atoms with van der Waals surface area (Å²) >= 11 is 1.98. The fraction of sp³-hybridized carbons (Fsp3) is 0.909. The van der Waals surface area contributed by atoms with Gasteiger partial charge in [0.05, 0.1) is 0 Å². The van der Waals surface area contributed by atoms with Gasteiger partial charge in [0, 0.05) is 36.1 Å². The smallest absolute Gasteiger partial charge is 0.226 e. The number of nitrogens with zero attached hydrogens (tertiary/aromatic N) is 1. The minimum absolute atomic E-state index is 0.0949. The van der Waals surface area contributed by atoms with Crippen molar-refractivity contribution in [1.29, 1.82) is 0 Å². The van der Waals surface area contributed by atoms with Gasteiger partial charge in [-0.25, -0.2) is 0 Å². The maximum atomic E-state index is 12.1.